The average molecular weight is 310 g/mol. The number of hydrogen-bond acceptors (Lipinski definition) is 3. The molecule has 0 saturated heterocycles. The molecule has 0 radical (unpaired) electrons. The number of H-pyrrole nitrogens is 1. The third-order valence-corrected chi connectivity index (χ3v) is 4.55. The van der Waals surface area contributed by atoms with E-state index in [2.05, 4.69) is 43.7 Å². The number of aromatic nitrogens is 3. The molecule has 0 spiro atoms. The van der Waals surface area contributed by atoms with E-state index in [1.165, 1.54) is 36.8 Å². The topological polar surface area (TPSA) is 92.0 Å². The second-order valence-electron chi connectivity index (χ2n) is 6.39. The molecule has 6 nitrogen and oxygen atoms in total. The Hall–Kier alpha value is -2.37. The van der Waals surface area contributed by atoms with E-state index in [9.17, 15) is 0 Å². The largest absolute Gasteiger partial charge is 0.370 e. The standard InChI is InChI=1S/C17H22N6/c18-17(19-10-15-21-16(23-22-15)12-8-9-12)20-14-7-3-5-11-4-1-2-6-13(11)14/h3,5,7,12H,1-2,4,6,8-10H2,(H3,18,19,20)(H,21,22,23). The van der Waals surface area contributed by atoms with Crippen LogP contribution in [0.25, 0.3) is 0 Å². The highest BCUT2D eigenvalue weighted by atomic mass is 15.2. The van der Waals surface area contributed by atoms with Crippen molar-refractivity contribution >= 4 is 11.6 Å². The van der Waals surface area contributed by atoms with Crippen LogP contribution in [-0.2, 0) is 19.4 Å². The molecular formula is C17H22N6. The molecule has 2 aromatic rings. The third kappa shape index (κ3) is 3.21. The van der Waals surface area contributed by atoms with Gasteiger partial charge in [-0.3, -0.25) is 5.10 Å². The lowest BCUT2D eigenvalue weighted by Gasteiger charge is -2.19. The zero-order valence-corrected chi connectivity index (χ0v) is 13.2. The number of aryl methyl sites for hydroxylation is 1. The molecule has 1 aromatic carbocycles. The Kier molecular flexibility index (Phi) is 3.73. The van der Waals surface area contributed by atoms with Crippen LogP contribution in [0.4, 0.5) is 5.69 Å². The first-order chi connectivity index (χ1) is 11.3. The molecule has 1 saturated carbocycles. The van der Waals surface area contributed by atoms with Gasteiger partial charge in [0.05, 0.1) is 0 Å². The Balaban J connectivity index is 1.43. The Labute approximate surface area is 135 Å². The van der Waals surface area contributed by atoms with Gasteiger partial charge < -0.3 is 11.1 Å². The van der Waals surface area contributed by atoms with Crippen molar-refractivity contribution in [1.29, 1.82) is 0 Å². The van der Waals surface area contributed by atoms with Crippen molar-refractivity contribution in [3.8, 4) is 0 Å². The molecule has 0 unspecified atom stereocenters. The second-order valence-corrected chi connectivity index (χ2v) is 6.39. The molecule has 0 aliphatic heterocycles. The van der Waals surface area contributed by atoms with Crippen molar-refractivity contribution in [3.05, 3.63) is 41.0 Å². The van der Waals surface area contributed by atoms with Gasteiger partial charge in [-0.1, -0.05) is 12.1 Å². The second kappa shape index (κ2) is 6.02. The van der Waals surface area contributed by atoms with E-state index in [1.54, 1.807) is 0 Å². The van der Waals surface area contributed by atoms with E-state index in [4.69, 9.17) is 5.73 Å². The molecule has 4 N–H and O–H groups in total. The molecule has 1 heterocycles. The minimum absolute atomic E-state index is 0.424. The van der Waals surface area contributed by atoms with E-state index in [0.29, 0.717) is 18.4 Å². The van der Waals surface area contributed by atoms with Crippen LogP contribution in [-0.4, -0.2) is 21.1 Å². The summed E-state index contributed by atoms with van der Waals surface area (Å²) in [6, 6.07) is 6.37. The number of aromatic amines is 1. The van der Waals surface area contributed by atoms with Gasteiger partial charge in [-0.2, -0.15) is 5.10 Å². The van der Waals surface area contributed by atoms with Gasteiger partial charge in [0, 0.05) is 11.6 Å². The maximum Gasteiger partial charge on any atom is 0.193 e. The lowest BCUT2D eigenvalue weighted by Crippen LogP contribution is -2.24. The number of fused-ring (bicyclic) bond motifs is 1. The molecule has 1 aromatic heterocycles. The predicted octanol–water partition coefficient (Wildman–Crippen LogP) is 2.49. The summed E-state index contributed by atoms with van der Waals surface area (Å²) < 4.78 is 0. The lowest BCUT2D eigenvalue weighted by atomic mass is 9.90. The molecule has 2 aliphatic carbocycles. The Morgan fingerprint density at radius 2 is 2.17 bits per heavy atom. The Morgan fingerprint density at radius 1 is 1.30 bits per heavy atom. The summed E-state index contributed by atoms with van der Waals surface area (Å²) in [6.45, 7) is 0.424. The predicted molar refractivity (Wildman–Crippen MR) is 90.4 cm³/mol. The highest BCUT2D eigenvalue weighted by Gasteiger charge is 2.27. The van der Waals surface area contributed by atoms with Gasteiger partial charge in [-0.25, -0.2) is 9.98 Å². The maximum atomic E-state index is 6.04. The van der Waals surface area contributed by atoms with Crippen LogP contribution in [0.1, 0.15) is 54.4 Å². The minimum Gasteiger partial charge on any atom is -0.370 e. The first-order valence-electron chi connectivity index (χ1n) is 8.38. The van der Waals surface area contributed by atoms with Crippen LogP contribution in [0, 0.1) is 0 Å². The van der Waals surface area contributed by atoms with E-state index >= 15 is 0 Å². The van der Waals surface area contributed by atoms with Crippen molar-refractivity contribution in [2.75, 3.05) is 5.32 Å². The molecule has 0 bridgehead atoms. The summed E-state index contributed by atoms with van der Waals surface area (Å²) >= 11 is 0. The third-order valence-electron chi connectivity index (χ3n) is 4.55. The molecule has 23 heavy (non-hydrogen) atoms. The molecular weight excluding hydrogens is 288 g/mol. The van der Waals surface area contributed by atoms with Crippen molar-refractivity contribution in [3.63, 3.8) is 0 Å². The number of nitrogens with zero attached hydrogens (tertiary/aromatic N) is 3. The smallest absolute Gasteiger partial charge is 0.193 e. The van der Waals surface area contributed by atoms with E-state index < -0.39 is 0 Å². The number of rotatable bonds is 4. The van der Waals surface area contributed by atoms with Gasteiger partial charge in [0.2, 0.25) is 0 Å². The van der Waals surface area contributed by atoms with Gasteiger partial charge in [-0.15, -0.1) is 0 Å². The minimum atomic E-state index is 0.424. The van der Waals surface area contributed by atoms with Gasteiger partial charge in [-0.05, 0) is 55.7 Å². The SMILES string of the molecule is NC(=NCc1nc(C2CC2)n[nH]1)Nc1cccc2c1CCCC2. The zero-order valence-electron chi connectivity index (χ0n) is 13.2. The summed E-state index contributed by atoms with van der Waals surface area (Å²) in [5.74, 6) is 2.66. The first-order valence-corrected chi connectivity index (χ1v) is 8.38. The van der Waals surface area contributed by atoms with Crippen molar-refractivity contribution < 1.29 is 0 Å². The van der Waals surface area contributed by atoms with Gasteiger partial charge in [0.15, 0.2) is 11.8 Å². The number of nitrogens with two attached hydrogens (primary N) is 1. The highest BCUT2D eigenvalue weighted by Crippen LogP contribution is 2.37. The molecule has 0 atom stereocenters. The van der Waals surface area contributed by atoms with Gasteiger partial charge in [0.25, 0.3) is 0 Å². The lowest BCUT2D eigenvalue weighted by molar-refractivity contribution is 0.687. The molecule has 120 valence electrons. The summed E-state index contributed by atoms with van der Waals surface area (Å²) in [4.78, 5) is 8.85. The molecule has 4 rings (SSSR count). The number of nitrogens with one attached hydrogen (secondary N) is 2. The normalized spacial score (nSPS) is 17.8. The Morgan fingerprint density at radius 3 is 3.04 bits per heavy atom. The van der Waals surface area contributed by atoms with E-state index in [0.717, 1.165) is 30.2 Å². The summed E-state index contributed by atoms with van der Waals surface area (Å²) in [6.07, 6.45) is 7.18. The summed E-state index contributed by atoms with van der Waals surface area (Å²) in [5, 5.41) is 10.4. The fourth-order valence-electron chi connectivity index (χ4n) is 3.14. The molecule has 1 fully saturated rings. The summed E-state index contributed by atoms with van der Waals surface area (Å²) in [7, 11) is 0. The van der Waals surface area contributed by atoms with Gasteiger partial charge >= 0.3 is 0 Å². The Bertz CT molecular complexity index is 728. The number of anilines is 1. The number of hydrogen-bond donors (Lipinski definition) is 3. The van der Waals surface area contributed by atoms with Crippen molar-refractivity contribution in [1.82, 2.24) is 15.2 Å². The van der Waals surface area contributed by atoms with Crippen LogP contribution in [0.2, 0.25) is 0 Å². The maximum absolute atomic E-state index is 6.04. The van der Waals surface area contributed by atoms with Gasteiger partial charge in [0.1, 0.15) is 12.4 Å². The van der Waals surface area contributed by atoms with Crippen LogP contribution in [0.5, 0.6) is 0 Å². The average Bonchev–Trinajstić information content (AvgIpc) is 3.32. The number of benzene rings is 1. The van der Waals surface area contributed by atoms with Crippen molar-refractivity contribution in [2.45, 2.75) is 51.0 Å². The van der Waals surface area contributed by atoms with Crippen molar-refractivity contribution in [2.24, 2.45) is 10.7 Å². The molecule has 6 heteroatoms. The van der Waals surface area contributed by atoms with Crippen LogP contribution in [0.3, 0.4) is 0 Å². The fourth-order valence-corrected chi connectivity index (χ4v) is 3.14. The molecule has 2 aliphatic rings. The first kappa shape index (κ1) is 14.2. The highest BCUT2D eigenvalue weighted by molar-refractivity contribution is 5.93. The number of guanidine groups is 1. The van der Waals surface area contributed by atoms with Crippen LogP contribution >= 0.6 is 0 Å². The van der Waals surface area contributed by atoms with E-state index in [1.807, 2.05) is 0 Å². The monoisotopic (exact) mass is 310 g/mol. The fraction of sp³-hybridized carbons (Fsp3) is 0.471. The number of aliphatic imine (C=N–C) groups is 1. The zero-order chi connectivity index (χ0) is 15.6. The molecule has 0 amide bonds. The van der Waals surface area contributed by atoms with E-state index in [-0.39, 0.29) is 0 Å². The van der Waals surface area contributed by atoms with Crippen LogP contribution in [0.15, 0.2) is 23.2 Å². The van der Waals surface area contributed by atoms with Crippen LogP contribution < -0.4 is 11.1 Å². The summed E-state index contributed by atoms with van der Waals surface area (Å²) in [5.41, 5.74) is 9.94. The quantitative estimate of drug-likeness (QED) is 0.597.